The molecule has 0 bridgehead atoms. The molecule has 0 aromatic carbocycles. The zero-order chi connectivity index (χ0) is 12.6. The van der Waals surface area contributed by atoms with E-state index in [0.29, 0.717) is 0 Å². The highest BCUT2D eigenvalue weighted by atomic mass is 16.4. The topological polar surface area (TPSA) is 40.5 Å². The van der Waals surface area contributed by atoms with Gasteiger partial charge in [0, 0.05) is 6.04 Å². The maximum atomic E-state index is 11.2. The maximum absolute atomic E-state index is 11.2. The van der Waals surface area contributed by atoms with Gasteiger partial charge in [-0.3, -0.25) is 4.79 Å². The van der Waals surface area contributed by atoms with E-state index in [9.17, 15) is 9.90 Å². The normalized spacial score (nSPS) is 33.4. The van der Waals surface area contributed by atoms with Crippen molar-refractivity contribution in [2.24, 2.45) is 17.3 Å². The van der Waals surface area contributed by atoms with E-state index in [-0.39, 0.29) is 0 Å². The SMILES string of the molecule is CC(C)C1CC(N2CCC(C)(C(=O)O)CC2)C1. The van der Waals surface area contributed by atoms with Gasteiger partial charge in [-0.1, -0.05) is 13.8 Å². The summed E-state index contributed by atoms with van der Waals surface area (Å²) in [7, 11) is 0. The van der Waals surface area contributed by atoms with Crippen LogP contribution in [-0.2, 0) is 4.79 Å². The largest absolute Gasteiger partial charge is 0.481 e. The first-order valence-electron chi connectivity index (χ1n) is 6.90. The van der Waals surface area contributed by atoms with Gasteiger partial charge in [0.25, 0.3) is 0 Å². The third-order valence-electron chi connectivity index (χ3n) is 5.03. The van der Waals surface area contributed by atoms with E-state index in [1.54, 1.807) is 0 Å². The van der Waals surface area contributed by atoms with E-state index >= 15 is 0 Å². The molecule has 1 aliphatic heterocycles. The molecule has 2 fully saturated rings. The lowest BCUT2D eigenvalue weighted by Crippen LogP contribution is -2.52. The minimum Gasteiger partial charge on any atom is -0.481 e. The number of aliphatic carboxylic acids is 1. The van der Waals surface area contributed by atoms with Gasteiger partial charge < -0.3 is 10.0 Å². The number of likely N-dealkylation sites (tertiary alicyclic amines) is 1. The van der Waals surface area contributed by atoms with E-state index < -0.39 is 11.4 Å². The Morgan fingerprint density at radius 2 is 1.82 bits per heavy atom. The van der Waals surface area contributed by atoms with E-state index in [1.807, 2.05) is 6.92 Å². The number of hydrogen-bond acceptors (Lipinski definition) is 2. The molecular formula is C14H25NO2. The monoisotopic (exact) mass is 239 g/mol. The molecule has 0 amide bonds. The van der Waals surface area contributed by atoms with Crippen LogP contribution in [0.5, 0.6) is 0 Å². The minimum absolute atomic E-state index is 0.475. The van der Waals surface area contributed by atoms with Crippen molar-refractivity contribution in [3.8, 4) is 0 Å². The summed E-state index contributed by atoms with van der Waals surface area (Å²) in [5.41, 5.74) is -0.475. The van der Waals surface area contributed by atoms with Crippen LogP contribution in [0.1, 0.15) is 46.5 Å². The molecule has 2 rings (SSSR count). The van der Waals surface area contributed by atoms with Gasteiger partial charge in [0.15, 0.2) is 0 Å². The Morgan fingerprint density at radius 1 is 1.29 bits per heavy atom. The zero-order valence-corrected chi connectivity index (χ0v) is 11.3. The smallest absolute Gasteiger partial charge is 0.309 e. The Hall–Kier alpha value is -0.570. The summed E-state index contributed by atoms with van der Waals surface area (Å²) >= 11 is 0. The van der Waals surface area contributed by atoms with Crippen molar-refractivity contribution in [1.82, 2.24) is 4.90 Å². The molecule has 2 aliphatic rings. The van der Waals surface area contributed by atoms with Crippen molar-refractivity contribution >= 4 is 5.97 Å². The lowest BCUT2D eigenvalue weighted by atomic mass is 9.71. The van der Waals surface area contributed by atoms with Crippen molar-refractivity contribution < 1.29 is 9.90 Å². The van der Waals surface area contributed by atoms with E-state index in [2.05, 4.69) is 18.7 Å². The average Bonchev–Trinajstić information content (AvgIpc) is 2.18. The van der Waals surface area contributed by atoms with Crippen LogP contribution >= 0.6 is 0 Å². The highest BCUT2D eigenvalue weighted by molar-refractivity contribution is 5.74. The average molecular weight is 239 g/mol. The Bertz CT molecular complexity index is 287. The molecule has 1 heterocycles. The molecule has 3 nitrogen and oxygen atoms in total. The summed E-state index contributed by atoms with van der Waals surface area (Å²) in [4.78, 5) is 13.7. The Morgan fingerprint density at radius 3 is 2.24 bits per heavy atom. The number of carboxylic acids is 1. The van der Waals surface area contributed by atoms with Crippen LogP contribution in [0.2, 0.25) is 0 Å². The van der Waals surface area contributed by atoms with Crippen LogP contribution in [0, 0.1) is 17.3 Å². The molecule has 98 valence electrons. The number of rotatable bonds is 3. The van der Waals surface area contributed by atoms with Crippen molar-refractivity contribution in [1.29, 1.82) is 0 Å². The molecule has 0 atom stereocenters. The quantitative estimate of drug-likeness (QED) is 0.823. The number of nitrogens with zero attached hydrogens (tertiary/aromatic N) is 1. The summed E-state index contributed by atoms with van der Waals surface area (Å²) in [5.74, 6) is 1.08. The highest BCUT2D eigenvalue weighted by Gasteiger charge is 2.41. The van der Waals surface area contributed by atoms with Crippen molar-refractivity contribution in [3.63, 3.8) is 0 Å². The first-order valence-corrected chi connectivity index (χ1v) is 6.90. The molecule has 1 N–H and O–H groups in total. The van der Waals surface area contributed by atoms with Crippen molar-refractivity contribution in [3.05, 3.63) is 0 Å². The van der Waals surface area contributed by atoms with E-state index in [4.69, 9.17) is 0 Å². The summed E-state index contributed by atoms with van der Waals surface area (Å²) in [6.45, 7) is 8.44. The molecule has 1 saturated heterocycles. The van der Waals surface area contributed by atoms with Crippen molar-refractivity contribution in [2.75, 3.05) is 13.1 Å². The minimum atomic E-state index is -0.620. The van der Waals surface area contributed by atoms with Gasteiger partial charge in [0.05, 0.1) is 5.41 Å². The maximum Gasteiger partial charge on any atom is 0.309 e. The Kier molecular flexibility index (Phi) is 3.48. The molecule has 17 heavy (non-hydrogen) atoms. The Labute approximate surface area is 104 Å². The fraction of sp³-hybridized carbons (Fsp3) is 0.929. The van der Waals surface area contributed by atoms with Crippen LogP contribution in [0.3, 0.4) is 0 Å². The molecule has 0 aromatic rings. The predicted molar refractivity (Wildman–Crippen MR) is 67.9 cm³/mol. The predicted octanol–water partition coefficient (Wildman–Crippen LogP) is 2.61. The number of piperidine rings is 1. The first-order chi connectivity index (χ1) is 7.92. The fourth-order valence-corrected chi connectivity index (χ4v) is 3.07. The highest BCUT2D eigenvalue weighted by Crippen LogP contribution is 2.40. The van der Waals surface area contributed by atoms with Gasteiger partial charge in [0.1, 0.15) is 0 Å². The summed E-state index contributed by atoms with van der Waals surface area (Å²) in [5, 5.41) is 9.19. The second kappa shape index (κ2) is 4.60. The summed E-state index contributed by atoms with van der Waals surface area (Å²) in [6.07, 6.45) is 4.26. The lowest BCUT2D eigenvalue weighted by Gasteiger charge is -2.48. The standard InChI is InChI=1S/C14H25NO2/c1-10(2)11-8-12(9-11)15-6-4-14(3,5-7-15)13(16)17/h10-12H,4-9H2,1-3H3,(H,16,17). The third kappa shape index (κ3) is 2.49. The molecule has 0 aromatic heterocycles. The zero-order valence-electron chi connectivity index (χ0n) is 11.3. The number of carboxylic acid groups (broad SMARTS) is 1. The number of carbonyl (C=O) groups is 1. The van der Waals surface area contributed by atoms with Crippen LogP contribution < -0.4 is 0 Å². The summed E-state index contributed by atoms with van der Waals surface area (Å²) < 4.78 is 0. The van der Waals surface area contributed by atoms with Crippen LogP contribution in [0.25, 0.3) is 0 Å². The molecule has 3 heteroatoms. The van der Waals surface area contributed by atoms with Crippen LogP contribution in [0.4, 0.5) is 0 Å². The van der Waals surface area contributed by atoms with Gasteiger partial charge in [-0.05, 0) is 57.5 Å². The first kappa shape index (κ1) is 12.9. The number of hydrogen-bond donors (Lipinski definition) is 1. The van der Waals surface area contributed by atoms with Gasteiger partial charge >= 0.3 is 5.97 Å². The third-order valence-corrected chi connectivity index (χ3v) is 5.03. The van der Waals surface area contributed by atoms with Gasteiger partial charge in [-0.15, -0.1) is 0 Å². The molecule has 0 spiro atoms. The summed E-state index contributed by atoms with van der Waals surface area (Å²) in [6, 6.07) is 0.737. The Balaban J connectivity index is 1.79. The fourth-order valence-electron chi connectivity index (χ4n) is 3.07. The van der Waals surface area contributed by atoms with E-state index in [1.165, 1.54) is 12.8 Å². The van der Waals surface area contributed by atoms with E-state index in [0.717, 1.165) is 43.8 Å². The molecule has 0 radical (unpaired) electrons. The second-order valence-corrected chi connectivity index (χ2v) is 6.53. The molecule has 0 unspecified atom stereocenters. The van der Waals surface area contributed by atoms with Crippen LogP contribution in [-0.4, -0.2) is 35.1 Å². The lowest BCUT2D eigenvalue weighted by molar-refractivity contribution is -0.151. The molecule has 1 saturated carbocycles. The second-order valence-electron chi connectivity index (χ2n) is 6.53. The van der Waals surface area contributed by atoms with Gasteiger partial charge in [0.2, 0.25) is 0 Å². The van der Waals surface area contributed by atoms with Gasteiger partial charge in [-0.25, -0.2) is 0 Å². The molecule has 1 aliphatic carbocycles. The van der Waals surface area contributed by atoms with Gasteiger partial charge in [-0.2, -0.15) is 0 Å². The van der Waals surface area contributed by atoms with Crippen molar-refractivity contribution in [2.45, 2.75) is 52.5 Å². The molecular weight excluding hydrogens is 214 g/mol. The van der Waals surface area contributed by atoms with Crippen LogP contribution in [0.15, 0.2) is 0 Å².